The second kappa shape index (κ2) is 4.17. The fraction of sp³-hybridized carbons (Fsp3) is 0.455. The first-order valence-electron chi connectivity index (χ1n) is 4.36. The minimum Gasteiger partial charge on any atom is -0.0805 e. The first-order chi connectivity index (χ1) is 5.34. The van der Waals surface area contributed by atoms with E-state index in [1.165, 1.54) is 18.4 Å². The maximum atomic E-state index is 2.23. The Labute approximate surface area is 69.3 Å². The summed E-state index contributed by atoms with van der Waals surface area (Å²) in [5.41, 5.74) is 3.05. The molecule has 0 fully saturated rings. The van der Waals surface area contributed by atoms with E-state index in [1.807, 2.05) is 0 Å². The maximum absolute atomic E-state index is 2.23. The molecule has 0 heteroatoms. The van der Waals surface area contributed by atoms with Crippen LogP contribution in [0.4, 0.5) is 0 Å². The van der Waals surface area contributed by atoms with Gasteiger partial charge in [-0.25, -0.2) is 0 Å². The Bertz CT molecular complexity index is 204. The van der Waals surface area contributed by atoms with Gasteiger partial charge in [0.25, 0.3) is 0 Å². The minimum absolute atomic E-state index is 1.15. The van der Waals surface area contributed by atoms with Crippen molar-refractivity contribution in [2.24, 2.45) is 0 Å². The van der Waals surface area contributed by atoms with Gasteiger partial charge in [0.1, 0.15) is 0 Å². The summed E-state index contributed by atoms with van der Waals surface area (Å²) >= 11 is 0. The van der Waals surface area contributed by atoms with Crippen LogP contribution >= 0.6 is 0 Å². The molecule has 0 unspecified atom stereocenters. The highest BCUT2D eigenvalue weighted by Crippen LogP contribution is 2.18. The third kappa shape index (κ3) is 2.38. The molecule has 0 aromatic rings. The molecule has 0 radical (unpaired) electrons. The predicted octanol–water partition coefficient (Wildman–Crippen LogP) is 3.62. The molecule has 0 amide bonds. The number of hydrogen-bond acceptors (Lipinski definition) is 0. The Balaban J connectivity index is 2.71. The van der Waals surface area contributed by atoms with Crippen LogP contribution in [0.2, 0.25) is 0 Å². The van der Waals surface area contributed by atoms with Gasteiger partial charge in [0.15, 0.2) is 0 Å². The molecule has 0 nitrogen and oxygen atoms in total. The van der Waals surface area contributed by atoms with Crippen molar-refractivity contribution in [3.05, 3.63) is 35.5 Å². The van der Waals surface area contributed by atoms with Gasteiger partial charge in [-0.1, -0.05) is 48.8 Å². The van der Waals surface area contributed by atoms with Crippen molar-refractivity contribution in [3.63, 3.8) is 0 Å². The average Bonchev–Trinajstić information content (AvgIpc) is 2.18. The summed E-state index contributed by atoms with van der Waals surface area (Å²) in [7, 11) is 0. The van der Waals surface area contributed by atoms with Crippen molar-refractivity contribution >= 4 is 0 Å². The van der Waals surface area contributed by atoms with Gasteiger partial charge in [-0.15, -0.1) is 0 Å². The summed E-state index contributed by atoms with van der Waals surface area (Å²) in [6, 6.07) is 0. The highest BCUT2D eigenvalue weighted by molar-refractivity contribution is 5.30. The molecule has 0 atom stereocenters. The summed E-state index contributed by atoms with van der Waals surface area (Å²) < 4.78 is 0. The van der Waals surface area contributed by atoms with Crippen LogP contribution in [0, 0.1) is 0 Å². The largest absolute Gasteiger partial charge is 0.0805 e. The van der Waals surface area contributed by atoms with Crippen LogP contribution in [-0.2, 0) is 0 Å². The third-order valence-electron chi connectivity index (χ3n) is 2.07. The Morgan fingerprint density at radius 3 is 2.91 bits per heavy atom. The highest BCUT2D eigenvalue weighted by atomic mass is 14.0. The van der Waals surface area contributed by atoms with Crippen molar-refractivity contribution < 1.29 is 0 Å². The van der Waals surface area contributed by atoms with E-state index in [2.05, 4.69) is 38.2 Å². The molecule has 0 aromatic heterocycles. The average molecular weight is 148 g/mol. The molecule has 60 valence electrons. The number of hydrogen-bond donors (Lipinski definition) is 0. The van der Waals surface area contributed by atoms with E-state index in [4.69, 9.17) is 0 Å². The van der Waals surface area contributed by atoms with Crippen LogP contribution in [-0.4, -0.2) is 0 Å². The van der Waals surface area contributed by atoms with E-state index >= 15 is 0 Å². The Kier molecular flexibility index (Phi) is 3.15. The number of allylic oxidation sites excluding steroid dienone is 6. The standard InChI is InChI=1S/C11H16/c1-3-7-11-9-6-4-5-8-10(11)2/h4-6,8H,3,7,9H2,1-2H3. The zero-order valence-electron chi connectivity index (χ0n) is 7.43. The van der Waals surface area contributed by atoms with Crippen molar-refractivity contribution in [3.8, 4) is 0 Å². The van der Waals surface area contributed by atoms with Gasteiger partial charge in [0.2, 0.25) is 0 Å². The van der Waals surface area contributed by atoms with E-state index in [0.717, 1.165) is 6.42 Å². The molecule has 0 heterocycles. The van der Waals surface area contributed by atoms with Crippen LogP contribution in [0.3, 0.4) is 0 Å². The zero-order chi connectivity index (χ0) is 8.10. The molecule has 0 aliphatic heterocycles. The van der Waals surface area contributed by atoms with Gasteiger partial charge in [0, 0.05) is 0 Å². The topological polar surface area (TPSA) is 0 Å². The summed E-state index contributed by atoms with van der Waals surface area (Å²) in [5.74, 6) is 0. The zero-order valence-corrected chi connectivity index (χ0v) is 7.43. The van der Waals surface area contributed by atoms with Crippen LogP contribution in [0.5, 0.6) is 0 Å². The molecule has 1 aliphatic carbocycles. The van der Waals surface area contributed by atoms with Crippen LogP contribution in [0.25, 0.3) is 0 Å². The summed E-state index contributed by atoms with van der Waals surface area (Å²) in [4.78, 5) is 0. The first-order valence-corrected chi connectivity index (χ1v) is 4.36. The lowest BCUT2D eigenvalue weighted by Gasteiger charge is -2.04. The van der Waals surface area contributed by atoms with Crippen molar-refractivity contribution in [1.29, 1.82) is 0 Å². The fourth-order valence-electron chi connectivity index (χ4n) is 1.37. The minimum atomic E-state index is 1.15. The quantitative estimate of drug-likeness (QED) is 0.561. The molecule has 11 heavy (non-hydrogen) atoms. The fourth-order valence-corrected chi connectivity index (χ4v) is 1.37. The van der Waals surface area contributed by atoms with Gasteiger partial charge < -0.3 is 0 Å². The molecule has 0 aromatic carbocycles. The molecule has 0 saturated carbocycles. The van der Waals surface area contributed by atoms with Crippen LogP contribution in [0.1, 0.15) is 33.1 Å². The highest BCUT2D eigenvalue weighted by Gasteiger charge is 1.98. The van der Waals surface area contributed by atoms with E-state index < -0.39 is 0 Å². The Hall–Kier alpha value is -0.780. The van der Waals surface area contributed by atoms with E-state index in [1.54, 1.807) is 5.57 Å². The van der Waals surface area contributed by atoms with Gasteiger partial charge in [-0.2, -0.15) is 0 Å². The molecule has 1 rings (SSSR count). The second-order valence-electron chi connectivity index (χ2n) is 3.03. The summed E-state index contributed by atoms with van der Waals surface area (Å²) in [5, 5.41) is 0. The van der Waals surface area contributed by atoms with Crippen molar-refractivity contribution in [2.45, 2.75) is 33.1 Å². The van der Waals surface area contributed by atoms with Crippen molar-refractivity contribution in [1.82, 2.24) is 0 Å². The molecule has 0 saturated heterocycles. The van der Waals surface area contributed by atoms with E-state index in [-0.39, 0.29) is 0 Å². The predicted molar refractivity (Wildman–Crippen MR) is 50.5 cm³/mol. The van der Waals surface area contributed by atoms with E-state index in [9.17, 15) is 0 Å². The molecule has 1 aliphatic rings. The van der Waals surface area contributed by atoms with Gasteiger partial charge in [-0.3, -0.25) is 0 Å². The molecular formula is C11H16. The van der Waals surface area contributed by atoms with Gasteiger partial charge in [-0.05, 0) is 19.8 Å². The monoisotopic (exact) mass is 148 g/mol. The Morgan fingerprint density at radius 2 is 2.18 bits per heavy atom. The Morgan fingerprint density at radius 1 is 1.36 bits per heavy atom. The van der Waals surface area contributed by atoms with Crippen molar-refractivity contribution in [2.75, 3.05) is 0 Å². The molecule has 0 N–H and O–H groups in total. The van der Waals surface area contributed by atoms with Crippen LogP contribution < -0.4 is 0 Å². The lowest BCUT2D eigenvalue weighted by molar-refractivity contribution is 0.870. The molecule has 0 spiro atoms. The van der Waals surface area contributed by atoms with E-state index in [0.29, 0.717) is 0 Å². The third-order valence-corrected chi connectivity index (χ3v) is 2.07. The summed E-state index contributed by atoms with van der Waals surface area (Å²) in [6.07, 6.45) is 12.3. The summed E-state index contributed by atoms with van der Waals surface area (Å²) in [6.45, 7) is 4.44. The van der Waals surface area contributed by atoms with Gasteiger partial charge >= 0.3 is 0 Å². The molecular weight excluding hydrogens is 132 g/mol. The van der Waals surface area contributed by atoms with Gasteiger partial charge in [0.05, 0.1) is 0 Å². The normalized spacial score (nSPS) is 17.3. The molecule has 0 bridgehead atoms. The SMILES string of the molecule is CCCC1=C(C)C=CC=CC1. The smallest absolute Gasteiger partial charge is 0.0130 e. The number of rotatable bonds is 2. The lowest BCUT2D eigenvalue weighted by Crippen LogP contribution is -1.84. The maximum Gasteiger partial charge on any atom is -0.0130 e. The second-order valence-corrected chi connectivity index (χ2v) is 3.03. The first kappa shape index (κ1) is 8.32. The lowest BCUT2D eigenvalue weighted by atomic mass is 10.0. The van der Waals surface area contributed by atoms with Crippen LogP contribution in [0.15, 0.2) is 35.5 Å².